The summed E-state index contributed by atoms with van der Waals surface area (Å²) >= 11 is 5.77. The summed E-state index contributed by atoms with van der Waals surface area (Å²) in [4.78, 5) is 22.5. The summed E-state index contributed by atoms with van der Waals surface area (Å²) in [5.74, 6) is -1.26. The zero-order chi connectivity index (χ0) is 13.7. The fourth-order valence-electron chi connectivity index (χ4n) is 1.39. The van der Waals surface area contributed by atoms with Crippen LogP contribution in [0.15, 0.2) is 24.3 Å². The number of benzene rings is 1. The standard InChI is InChI=1S/C12H15ClN2O3/c1-7(2)10(11(16)17)15-12(18)14-9-5-3-4-8(13)6-9/h3-7,10H,1-2H3,(H,16,17)(H2,14,15,18)/t10-/m1/s1. The van der Waals surface area contributed by atoms with Gasteiger partial charge in [0.15, 0.2) is 0 Å². The van der Waals surface area contributed by atoms with Gasteiger partial charge in [0, 0.05) is 10.7 Å². The molecule has 0 aliphatic rings. The van der Waals surface area contributed by atoms with Crippen molar-refractivity contribution >= 4 is 29.3 Å². The second-order valence-electron chi connectivity index (χ2n) is 4.17. The first-order chi connectivity index (χ1) is 8.40. The first-order valence-electron chi connectivity index (χ1n) is 5.46. The van der Waals surface area contributed by atoms with Gasteiger partial charge in [-0.25, -0.2) is 9.59 Å². The number of carbonyl (C=O) groups excluding carboxylic acids is 1. The second kappa shape index (κ2) is 6.26. The molecule has 2 amide bonds. The lowest BCUT2D eigenvalue weighted by molar-refractivity contribution is -0.140. The van der Waals surface area contributed by atoms with Gasteiger partial charge in [-0.2, -0.15) is 0 Å². The van der Waals surface area contributed by atoms with Crippen molar-refractivity contribution in [2.24, 2.45) is 5.92 Å². The van der Waals surface area contributed by atoms with E-state index < -0.39 is 18.0 Å². The Morgan fingerprint density at radius 1 is 1.33 bits per heavy atom. The monoisotopic (exact) mass is 270 g/mol. The number of hydrogen-bond acceptors (Lipinski definition) is 2. The molecule has 1 rings (SSSR count). The predicted octanol–water partition coefficient (Wildman–Crippen LogP) is 2.57. The van der Waals surface area contributed by atoms with E-state index in [-0.39, 0.29) is 5.92 Å². The van der Waals surface area contributed by atoms with E-state index in [2.05, 4.69) is 10.6 Å². The lowest BCUT2D eigenvalue weighted by Crippen LogP contribution is -2.46. The Morgan fingerprint density at radius 2 is 2.00 bits per heavy atom. The van der Waals surface area contributed by atoms with Gasteiger partial charge in [-0.3, -0.25) is 0 Å². The van der Waals surface area contributed by atoms with E-state index in [4.69, 9.17) is 16.7 Å². The fourth-order valence-corrected chi connectivity index (χ4v) is 1.58. The quantitative estimate of drug-likeness (QED) is 0.787. The summed E-state index contributed by atoms with van der Waals surface area (Å²) in [6, 6.07) is 5.11. The van der Waals surface area contributed by atoms with Gasteiger partial charge in [-0.15, -0.1) is 0 Å². The minimum absolute atomic E-state index is 0.201. The molecule has 1 atom stereocenters. The summed E-state index contributed by atoms with van der Waals surface area (Å²) in [5.41, 5.74) is 0.507. The van der Waals surface area contributed by atoms with Crippen molar-refractivity contribution in [3.63, 3.8) is 0 Å². The van der Waals surface area contributed by atoms with E-state index in [1.165, 1.54) is 0 Å². The molecule has 0 radical (unpaired) electrons. The van der Waals surface area contributed by atoms with Crippen LogP contribution in [0, 0.1) is 5.92 Å². The Bertz CT molecular complexity index is 449. The number of halogens is 1. The zero-order valence-corrected chi connectivity index (χ0v) is 10.9. The SMILES string of the molecule is CC(C)[C@@H](NC(=O)Nc1cccc(Cl)c1)C(=O)O. The van der Waals surface area contributed by atoms with Crippen LogP contribution in [0.1, 0.15) is 13.8 Å². The van der Waals surface area contributed by atoms with Crippen LogP contribution in [0.3, 0.4) is 0 Å². The summed E-state index contributed by atoms with van der Waals surface area (Å²) < 4.78 is 0. The van der Waals surface area contributed by atoms with Gasteiger partial charge in [-0.05, 0) is 24.1 Å². The Morgan fingerprint density at radius 3 is 2.50 bits per heavy atom. The van der Waals surface area contributed by atoms with E-state index in [0.29, 0.717) is 10.7 Å². The lowest BCUT2D eigenvalue weighted by atomic mass is 10.1. The smallest absolute Gasteiger partial charge is 0.326 e. The molecular formula is C12H15ClN2O3. The summed E-state index contributed by atoms with van der Waals surface area (Å²) in [7, 11) is 0. The van der Waals surface area contributed by atoms with E-state index >= 15 is 0 Å². The number of hydrogen-bond donors (Lipinski definition) is 3. The van der Waals surface area contributed by atoms with E-state index in [9.17, 15) is 9.59 Å². The van der Waals surface area contributed by atoms with Crippen LogP contribution < -0.4 is 10.6 Å². The molecule has 3 N–H and O–H groups in total. The Kier molecular flexibility index (Phi) is 4.97. The zero-order valence-electron chi connectivity index (χ0n) is 10.1. The van der Waals surface area contributed by atoms with Gasteiger partial charge in [-0.1, -0.05) is 31.5 Å². The molecule has 0 aromatic heterocycles. The number of anilines is 1. The van der Waals surface area contributed by atoms with Crippen molar-refractivity contribution in [3.8, 4) is 0 Å². The molecule has 0 saturated heterocycles. The van der Waals surface area contributed by atoms with Crippen molar-refractivity contribution in [3.05, 3.63) is 29.3 Å². The molecule has 0 heterocycles. The van der Waals surface area contributed by atoms with Gasteiger partial charge in [0.1, 0.15) is 6.04 Å². The minimum atomic E-state index is -1.06. The van der Waals surface area contributed by atoms with Crippen molar-refractivity contribution in [1.29, 1.82) is 0 Å². The maximum absolute atomic E-state index is 11.6. The highest BCUT2D eigenvalue weighted by Gasteiger charge is 2.23. The Hall–Kier alpha value is -1.75. The first-order valence-corrected chi connectivity index (χ1v) is 5.84. The minimum Gasteiger partial charge on any atom is -0.480 e. The number of carbonyl (C=O) groups is 2. The van der Waals surface area contributed by atoms with Gasteiger partial charge < -0.3 is 15.7 Å². The fraction of sp³-hybridized carbons (Fsp3) is 0.333. The number of carboxylic acids is 1. The molecule has 5 nitrogen and oxygen atoms in total. The molecule has 0 aliphatic heterocycles. The van der Waals surface area contributed by atoms with E-state index in [1.54, 1.807) is 38.1 Å². The summed E-state index contributed by atoms with van der Waals surface area (Å²) in [6.07, 6.45) is 0. The van der Waals surface area contributed by atoms with Gasteiger partial charge in [0.2, 0.25) is 0 Å². The van der Waals surface area contributed by atoms with E-state index in [1.807, 2.05) is 0 Å². The van der Waals surface area contributed by atoms with Crippen LogP contribution in [0.4, 0.5) is 10.5 Å². The first kappa shape index (κ1) is 14.3. The molecule has 0 bridgehead atoms. The predicted molar refractivity (Wildman–Crippen MR) is 69.9 cm³/mol. The van der Waals surface area contributed by atoms with Crippen molar-refractivity contribution in [2.45, 2.75) is 19.9 Å². The van der Waals surface area contributed by atoms with Crippen molar-refractivity contribution in [2.75, 3.05) is 5.32 Å². The topological polar surface area (TPSA) is 78.4 Å². The van der Waals surface area contributed by atoms with Crippen LogP contribution in [-0.2, 0) is 4.79 Å². The average Bonchev–Trinajstić information content (AvgIpc) is 2.25. The van der Waals surface area contributed by atoms with Crippen LogP contribution in [0.2, 0.25) is 5.02 Å². The molecule has 0 saturated carbocycles. The highest BCUT2D eigenvalue weighted by atomic mass is 35.5. The molecule has 0 fully saturated rings. The molecule has 0 aliphatic carbocycles. The third kappa shape index (κ3) is 4.25. The third-order valence-corrected chi connectivity index (χ3v) is 2.54. The highest BCUT2D eigenvalue weighted by molar-refractivity contribution is 6.30. The third-order valence-electron chi connectivity index (χ3n) is 2.30. The normalized spacial score (nSPS) is 12.0. The molecule has 1 aromatic carbocycles. The Balaban J connectivity index is 2.63. The number of amides is 2. The summed E-state index contributed by atoms with van der Waals surface area (Å²) in [5, 5.41) is 14.3. The van der Waals surface area contributed by atoms with Crippen molar-refractivity contribution in [1.82, 2.24) is 5.32 Å². The van der Waals surface area contributed by atoms with Crippen molar-refractivity contribution < 1.29 is 14.7 Å². The molecular weight excluding hydrogens is 256 g/mol. The molecule has 1 aromatic rings. The number of rotatable bonds is 4. The molecule has 0 spiro atoms. The maximum Gasteiger partial charge on any atom is 0.326 e. The number of nitrogens with one attached hydrogen (secondary N) is 2. The average molecular weight is 271 g/mol. The van der Waals surface area contributed by atoms with Crippen LogP contribution in [0.25, 0.3) is 0 Å². The number of urea groups is 1. The maximum atomic E-state index is 11.6. The number of carboxylic acid groups (broad SMARTS) is 1. The van der Waals surface area contributed by atoms with Crippen LogP contribution in [-0.4, -0.2) is 23.1 Å². The largest absolute Gasteiger partial charge is 0.480 e. The molecule has 0 unspecified atom stereocenters. The van der Waals surface area contributed by atoms with Gasteiger partial charge in [0.05, 0.1) is 0 Å². The Labute approximate surface area is 110 Å². The van der Waals surface area contributed by atoms with Crippen LogP contribution >= 0.6 is 11.6 Å². The summed E-state index contributed by atoms with van der Waals surface area (Å²) in [6.45, 7) is 3.44. The highest BCUT2D eigenvalue weighted by Crippen LogP contribution is 2.14. The molecule has 6 heteroatoms. The molecule has 18 heavy (non-hydrogen) atoms. The molecule has 98 valence electrons. The van der Waals surface area contributed by atoms with E-state index in [0.717, 1.165) is 0 Å². The van der Waals surface area contributed by atoms with Gasteiger partial charge >= 0.3 is 12.0 Å². The lowest BCUT2D eigenvalue weighted by Gasteiger charge is -2.18. The number of aliphatic carboxylic acids is 1. The van der Waals surface area contributed by atoms with Gasteiger partial charge in [0.25, 0.3) is 0 Å². The second-order valence-corrected chi connectivity index (χ2v) is 4.61. The van der Waals surface area contributed by atoms with Crippen LogP contribution in [0.5, 0.6) is 0 Å².